The largest absolute Gasteiger partial charge is 0.470 e. The minimum absolute atomic E-state index is 0.162. The maximum Gasteiger partial charge on any atom is 0.289 e. The van der Waals surface area contributed by atoms with Crippen molar-refractivity contribution in [3.63, 3.8) is 0 Å². The number of nitrogens with zero attached hydrogens (tertiary/aromatic N) is 2. The molecule has 0 atom stereocenters. The van der Waals surface area contributed by atoms with Gasteiger partial charge in [0.25, 0.3) is 5.91 Å². The number of carbonyl (C=O) groups is 1. The van der Waals surface area contributed by atoms with Crippen LogP contribution in [0.1, 0.15) is 16.2 Å². The third-order valence-corrected chi connectivity index (χ3v) is 2.28. The predicted molar refractivity (Wildman–Crippen MR) is 49.6 cm³/mol. The topological polar surface area (TPSA) is 42.4 Å². The summed E-state index contributed by atoms with van der Waals surface area (Å²) in [7, 11) is 0. The lowest BCUT2D eigenvalue weighted by molar-refractivity contribution is 0.0743. The third-order valence-electron chi connectivity index (χ3n) is 1.75. The first kappa shape index (κ1) is 8.50. The number of amides is 1. The number of pyridine rings is 1. The van der Waals surface area contributed by atoms with Crippen LogP contribution in [-0.4, -0.2) is 21.5 Å². The van der Waals surface area contributed by atoms with Gasteiger partial charge in [0, 0.05) is 5.69 Å². The van der Waals surface area contributed by atoms with Crippen LogP contribution < -0.4 is 4.74 Å². The Morgan fingerprint density at radius 1 is 1.62 bits per heavy atom. The molecule has 1 aromatic rings. The predicted octanol–water partition coefficient (Wildman–Crippen LogP) is 1.49. The standard InChI is InChI=1S/C8H7BrN2O2/c1-5-2-3-6-7(10-5)8(12)11(9)4-13-6/h2-3H,4H2,1H3. The second kappa shape index (κ2) is 2.99. The fourth-order valence-electron chi connectivity index (χ4n) is 1.11. The van der Waals surface area contributed by atoms with Crippen molar-refractivity contribution in [3.8, 4) is 5.75 Å². The van der Waals surface area contributed by atoms with E-state index in [-0.39, 0.29) is 12.6 Å². The smallest absolute Gasteiger partial charge is 0.289 e. The Morgan fingerprint density at radius 2 is 2.38 bits per heavy atom. The zero-order chi connectivity index (χ0) is 9.42. The van der Waals surface area contributed by atoms with E-state index in [1.54, 1.807) is 6.07 Å². The molecule has 0 spiro atoms. The Balaban J connectivity index is 2.51. The lowest BCUT2D eigenvalue weighted by Gasteiger charge is -2.22. The molecule has 0 bridgehead atoms. The number of hydrogen-bond acceptors (Lipinski definition) is 3. The van der Waals surface area contributed by atoms with Gasteiger partial charge in [-0.3, -0.25) is 4.79 Å². The van der Waals surface area contributed by atoms with Crippen molar-refractivity contribution in [2.75, 3.05) is 6.73 Å². The van der Waals surface area contributed by atoms with Gasteiger partial charge in [-0.25, -0.2) is 8.91 Å². The number of aromatic nitrogens is 1. The molecule has 1 aliphatic rings. The first-order valence-electron chi connectivity index (χ1n) is 3.76. The molecular weight excluding hydrogens is 236 g/mol. The average Bonchev–Trinajstić information content (AvgIpc) is 2.12. The maximum absolute atomic E-state index is 11.5. The van der Waals surface area contributed by atoms with Gasteiger partial charge in [0.05, 0.1) is 16.1 Å². The average molecular weight is 243 g/mol. The van der Waals surface area contributed by atoms with Crippen molar-refractivity contribution in [2.24, 2.45) is 0 Å². The van der Waals surface area contributed by atoms with E-state index < -0.39 is 0 Å². The van der Waals surface area contributed by atoms with Gasteiger partial charge in [-0.2, -0.15) is 0 Å². The van der Waals surface area contributed by atoms with Crippen LogP contribution in [0.4, 0.5) is 0 Å². The minimum atomic E-state index is -0.162. The van der Waals surface area contributed by atoms with Gasteiger partial charge >= 0.3 is 0 Å². The summed E-state index contributed by atoms with van der Waals surface area (Å²) in [5.41, 5.74) is 1.17. The lowest BCUT2D eigenvalue weighted by atomic mass is 10.2. The monoisotopic (exact) mass is 242 g/mol. The fraction of sp³-hybridized carbons (Fsp3) is 0.250. The summed E-state index contributed by atoms with van der Waals surface area (Å²) >= 11 is 3.07. The normalized spacial score (nSPS) is 15.2. The molecule has 0 fully saturated rings. The van der Waals surface area contributed by atoms with Crippen LogP contribution in [0, 0.1) is 6.92 Å². The van der Waals surface area contributed by atoms with Gasteiger partial charge in [-0.15, -0.1) is 0 Å². The molecule has 1 aliphatic heterocycles. The molecule has 5 heteroatoms. The lowest BCUT2D eigenvalue weighted by Crippen LogP contribution is -2.31. The Bertz CT molecular complexity index is 367. The van der Waals surface area contributed by atoms with Crippen molar-refractivity contribution in [1.82, 2.24) is 8.91 Å². The summed E-state index contributed by atoms with van der Waals surface area (Å²) in [6.07, 6.45) is 0. The summed E-state index contributed by atoms with van der Waals surface area (Å²) < 4.78 is 6.56. The molecule has 2 heterocycles. The van der Waals surface area contributed by atoms with Gasteiger partial charge < -0.3 is 4.74 Å². The Kier molecular flexibility index (Phi) is 1.95. The first-order valence-corrected chi connectivity index (χ1v) is 4.47. The molecule has 1 amide bonds. The summed E-state index contributed by atoms with van der Waals surface area (Å²) in [5.74, 6) is 0.385. The molecule has 0 saturated heterocycles. The highest BCUT2D eigenvalue weighted by atomic mass is 79.9. The van der Waals surface area contributed by atoms with E-state index in [1.165, 1.54) is 3.93 Å². The van der Waals surface area contributed by atoms with Crippen LogP contribution in [0.3, 0.4) is 0 Å². The molecule has 1 aromatic heterocycles. The molecule has 68 valence electrons. The van der Waals surface area contributed by atoms with E-state index in [0.717, 1.165) is 5.69 Å². The molecule has 0 radical (unpaired) electrons. The number of hydrogen-bond donors (Lipinski definition) is 0. The minimum Gasteiger partial charge on any atom is -0.470 e. The molecule has 2 rings (SSSR count). The van der Waals surface area contributed by atoms with Gasteiger partial charge in [-0.05, 0) is 19.1 Å². The number of rotatable bonds is 0. The SMILES string of the molecule is Cc1ccc2c(n1)C(=O)N(Br)CO2. The van der Waals surface area contributed by atoms with Gasteiger partial charge in [0.2, 0.25) is 0 Å². The quantitative estimate of drug-likeness (QED) is 0.648. The Morgan fingerprint density at radius 3 is 3.15 bits per heavy atom. The van der Waals surface area contributed by atoms with Crippen LogP contribution >= 0.6 is 16.1 Å². The molecule has 0 saturated carbocycles. The molecule has 0 unspecified atom stereocenters. The van der Waals surface area contributed by atoms with Crippen LogP contribution in [0.2, 0.25) is 0 Å². The van der Waals surface area contributed by atoms with Crippen molar-refractivity contribution in [1.29, 1.82) is 0 Å². The number of carbonyl (C=O) groups excluding carboxylic acids is 1. The molecule has 0 aromatic carbocycles. The number of ether oxygens (including phenoxy) is 1. The Labute approximate surface area is 83.9 Å². The molecule has 0 aliphatic carbocycles. The summed E-state index contributed by atoms with van der Waals surface area (Å²) in [6, 6.07) is 3.57. The molecule has 0 N–H and O–H groups in total. The molecular formula is C8H7BrN2O2. The Hall–Kier alpha value is -1.10. The molecule has 13 heavy (non-hydrogen) atoms. The zero-order valence-electron chi connectivity index (χ0n) is 6.95. The van der Waals surface area contributed by atoms with Crippen molar-refractivity contribution < 1.29 is 9.53 Å². The van der Waals surface area contributed by atoms with E-state index >= 15 is 0 Å². The van der Waals surface area contributed by atoms with Crippen LogP contribution in [-0.2, 0) is 0 Å². The summed E-state index contributed by atoms with van der Waals surface area (Å²) in [5, 5.41) is 0. The van der Waals surface area contributed by atoms with Gasteiger partial charge in [-0.1, -0.05) is 0 Å². The van der Waals surface area contributed by atoms with E-state index in [4.69, 9.17) is 4.74 Å². The fourth-order valence-corrected chi connectivity index (χ4v) is 1.38. The van der Waals surface area contributed by atoms with E-state index in [1.807, 2.05) is 13.0 Å². The zero-order valence-corrected chi connectivity index (χ0v) is 8.54. The van der Waals surface area contributed by atoms with Crippen molar-refractivity contribution >= 4 is 22.1 Å². The highest BCUT2D eigenvalue weighted by molar-refractivity contribution is 9.07. The summed E-state index contributed by atoms with van der Waals surface area (Å²) in [6.45, 7) is 2.05. The summed E-state index contributed by atoms with van der Waals surface area (Å²) in [4.78, 5) is 15.6. The second-order valence-electron chi connectivity index (χ2n) is 2.74. The van der Waals surface area contributed by atoms with Crippen LogP contribution in [0.5, 0.6) is 5.75 Å². The van der Waals surface area contributed by atoms with Crippen LogP contribution in [0.15, 0.2) is 12.1 Å². The molecule has 4 nitrogen and oxygen atoms in total. The van der Waals surface area contributed by atoms with E-state index in [2.05, 4.69) is 21.1 Å². The van der Waals surface area contributed by atoms with Crippen molar-refractivity contribution in [3.05, 3.63) is 23.5 Å². The maximum atomic E-state index is 11.5. The second-order valence-corrected chi connectivity index (χ2v) is 3.60. The van der Waals surface area contributed by atoms with Crippen LogP contribution in [0.25, 0.3) is 0 Å². The van der Waals surface area contributed by atoms with Gasteiger partial charge in [0.15, 0.2) is 18.2 Å². The third kappa shape index (κ3) is 1.39. The number of fused-ring (bicyclic) bond motifs is 1. The first-order chi connectivity index (χ1) is 6.18. The van der Waals surface area contributed by atoms with E-state index in [0.29, 0.717) is 11.4 Å². The van der Waals surface area contributed by atoms with Gasteiger partial charge in [0.1, 0.15) is 0 Å². The highest BCUT2D eigenvalue weighted by Gasteiger charge is 2.25. The number of aryl methyl sites for hydroxylation is 1. The highest BCUT2D eigenvalue weighted by Crippen LogP contribution is 2.24. The van der Waals surface area contributed by atoms with E-state index in [9.17, 15) is 4.79 Å². The number of halogens is 1. The van der Waals surface area contributed by atoms with Crippen molar-refractivity contribution in [2.45, 2.75) is 6.92 Å².